The number of nitrogens with two attached hydrogens (primary N) is 1. The molecule has 1 aliphatic heterocycles. The van der Waals surface area contributed by atoms with Crippen LogP contribution in [0.25, 0.3) is 0 Å². The van der Waals surface area contributed by atoms with Crippen LogP contribution in [0.5, 0.6) is 0 Å². The van der Waals surface area contributed by atoms with Crippen LogP contribution in [0.1, 0.15) is 25.3 Å². The number of oxime groups is 1. The van der Waals surface area contributed by atoms with E-state index >= 15 is 0 Å². The van der Waals surface area contributed by atoms with Crippen LogP contribution in [0.2, 0.25) is 0 Å². The molecule has 0 spiro atoms. The van der Waals surface area contributed by atoms with E-state index in [1.807, 2.05) is 24.3 Å². The Kier molecular flexibility index (Phi) is 4.84. The van der Waals surface area contributed by atoms with E-state index < -0.39 is 0 Å². The van der Waals surface area contributed by atoms with Crippen molar-refractivity contribution in [1.82, 2.24) is 4.90 Å². The highest BCUT2D eigenvalue weighted by molar-refractivity contribution is 5.97. The van der Waals surface area contributed by atoms with Gasteiger partial charge in [0.25, 0.3) is 0 Å². The van der Waals surface area contributed by atoms with E-state index in [0.717, 1.165) is 24.3 Å². The third-order valence-electron chi connectivity index (χ3n) is 4.10. The van der Waals surface area contributed by atoms with Crippen LogP contribution in [-0.2, 0) is 0 Å². The van der Waals surface area contributed by atoms with Gasteiger partial charge < -0.3 is 15.8 Å². The SMILES string of the molecule is CCN1CCCC1CN(C)c1ccc(C(N)=NO)cc1. The predicted octanol–water partition coefficient (Wildman–Crippen LogP) is 1.70. The molecule has 1 heterocycles. The van der Waals surface area contributed by atoms with E-state index in [4.69, 9.17) is 10.9 Å². The molecule has 0 aliphatic carbocycles. The van der Waals surface area contributed by atoms with Crippen LogP contribution in [0.15, 0.2) is 29.4 Å². The molecule has 110 valence electrons. The number of rotatable bonds is 5. The third-order valence-corrected chi connectivity index (χ3v) is 4.10. The Morgan fingerprint density at radius 1 is 1.45 bits per heavy atom. The maximum Gasteiger partial charge on any atom is 0.170 e. The minimum absolute atomic E-state index is 0.146. The Morgan fingerprint density at radius 2 is 2.15 bits per heavy atom. The zero-order chi connectivity index (χ0) is 14.5. The van der Waals surface area contributed by atoms with Crippen LogP contribution in [0, 0.1) is 0 Å². The predicted molar refractivity (Wildman–Crippen MR) is 82.5 cm³/mol. The van der Waals surface area contributed by atoms with Gasteiger partial charge in [0, 0.05) is 30.9 Å². The van der Waals surface area contributed by atoms with Gasteiger partial charge in [0.05, 0.1) is 0 Å². The van der Waals surface area contributed by atoms with Crippen LogP contribution < -0.4 is 10.6 Å². The second kappa shape index (κ2) is 6.61. The largest absolute Gasteiger partial charge is 0.409 e. The van der Waals surface area contributed by atoms with E-state index in [0.29, 0.717) is 6.04 Å². The van der Waals surface area contributed by atoms with Gasteiger partial charge in [-0.05, 0) is 50.2 Å². The number of likely N-dealkylation sites (tertiary alicyclic amines) is 1. The lowest BCUT2D eigenvalue weighted by atomic mass is 10.1. The highest BCUT2D eigenvalue weighted by atomic mass is 16.4. The van der Waals surface area contributed by atoms with E-state index in [9.17, 15) is 0 Å². The highest BCUT2D eigenvalue weighted by Crippen LogP contribution is 2.20. The maximum atomic E-state index is 8.66. The maximum absolute atomic E-state index is 8.66. The molecule has 20 heavy (non-hydrogen) atoms. The highest BCUT2D eigenvalue weighted by Gasteiger charge is 2.24. The fourth-order valence-corrected chi connectivity index (χ4v) is 2.88. The van der Waals surface area contributed by atoms with Crippen molar-refractivity contribution in [2.24, 2.45) is 10.9 Å². The Labute approximate surface area is 120 Å². The summed E-state index contributed by atoms with van der Waals surface area (Å²) in [6, 6.07) is 8.44. The van der Waals surface area contributed by atoms with Gasteiger partial charge in [-0.3, -0.25) is 4.90 Å². The first-order valence-electron chi connectivity index (χ1n) is 7.18. The number of amidine groups is 1. The van der Waals surface area contributed by atoms with Crippen LogP contribution in [0.4, 0.5) is 5.69 Å². The number of nitrogens with zero attached hydrogens (tertiary/aromatic N) is 3. The summed E-state index contributed by atoms with van der Waals surface area (Å²) in [5.74, 6) is 0.146. The van der Waals surface area contributed by atoms with E-state index in [2.05, 4.69) is 28.9 Å². The molecule has 1 unspecified atom stereocenters. The average Bonchev–Trinajstić information content (AvgIpc) is 2.93. The van der Waals surface area contributed by atoms with Gasteiger partial charge in [-0.2, -0.15) is 0 Å². The molecular formula is C15H24N4O. The van der Waals surface area contributed by atoms with E-state index in [1.165, 1.54) is 19.4 Å². The molecule has 1 atom stereocenters. The summed E-state index contributed by atoms with van der Waals surface area (Å²) in [6.45, 7) is 5.61. The number of benzene rings is 1. The van der Waals surface area contributed by atoms with Crippen molar-refractivity contribution < 1.29 is 5.21 Å². The summed E-state index contributed by atoms with van der Waals surface area (Å²) in [4.78, 5) is 4.82. The summed E-state index contributed by atoms with van der Waals surface area (Å²) < 4.78 is 0. The molecule has 2 rings (SSSR count). The quantitative estimate of drug-likeness (QED) is 0.372. The van der Waals surface area contributed by atoms with E-state index in [1.54, 1.807) is 0 Å². The molecule has 1 aliphatic rings. The van der Waals surface area contributed by atoms with Gasteiger partial charge in [-0.25, -0.2) is 0 Å². The molecule has 0 saturated carbocycles. The van der Waals surface area contributed by atoms with Gasteiger partial charge in [0.2, 0.25) is 0 Å². The normalized spacial score (nSPS) is 20.3. The zero-order valence-electron chi connectivity index (χ0n) is 12.3. The summed E-state index contributed by atoms with van der Waals surface area (Å²) in [7, 11) is 2.12. The smallest absolute Gasteiger partial charge is 0.170 e. The molecular weight excluding hydrogens is 252 g/mol. The van der Waals surface area contributed by atoms with Gasteiger partial charge >= 0.3 is 0 Å². The first kappa shape index (κ1) is 14.7. The van der Waals surface area contributed by atoms with Crippen molar-refractivity contribution in [3.8, 4) is 0 Å². The second-order valence-electron chi connectivity index (χ2n) is 5.34. The molecule has 1 saturated heterocycles. The van der Waals surface area contributed by atoms with Crippen LogP contribution >= 0.6 is 0 Å². The average molecular weight is 276 g/mol. The lowest BCUT2D eigenvalue weighted by molar-refractivity contribution is 0.270. The summed E-state index contributed by atoms with van der Waals surface area (Å²) >= 11 is 0. The molecule has 0 aromatic heterocycles. The first-order chi connectivity index (χ1) is 9.65. The van der Waals surface area contributed by atoms with Crippen molar-refractivity contribution in [1.29, 1.82) is 0 Å². The minimum Gasteiger partial charge on any atom is -0.409 e. The Balaban J connectivity index is 2.00. The molecule has 1 fully saturated rings. The third kappa shape index (κ3) is 3.22. The fourth-order valence-electron chi connectivity index (χ4n) is 2.88. The lowest BCUT2D eigenvalue weighted by Gasteiger charge is -2.29. The number of hydrogen-bond donors (Lipinski definition) is 2. The molecule has 5 nitrogen and oxygen atoms in total. The van der Waals surface area contributed by atoms with Crippen molar-refractivity contribution in [2.45, 2.75) is 25.8 Å². The van der Waals surface area contributed by atoms with Crippen molar-refractivity contribution >= 4 is 11.5 Å². The molecule has 0 amide bonds. The summed E-state index contributed by atoms with van der Waals surface area (Å²) in [5.41, 5.74) is 7.46. The van der Waals surface area contributed by atoms with Gasteiger partial charge in [0.15, 0.2) is 5.84 Å². The topological polar surface area (TPSA) is 65.1 Å². The van der Waals surface area contributed by atoms with Gasteiger partial charge in [-0.1, -0.05) is 12.1 Å². The van der Waals surface area contributed by atoms with Crippen LogP contribution in [0.3, 0.4) is 0 Å². The fraction of sp³-hybridized carbons (Fsp3) is 0.533. The molecule has 5 heteroatoms. The summed E-state index contributed by atoms with van der Waals surface area (Å²) in [5, 5.41) is 11.7. The number of hydrogen-bond acceptors (Lipinski definition) is 4. The van der Waals surface area contributed by atoms with Crippen molar-refractivity contribution in [3.05, 3.63) is 29.8 Å². The van der Waals surface area contributed by atoms with Crippen LogP contribution in [-0.4, -0.2) is 48.7 Å². The standard InChI is InChI=1S/C15H24N4O/c1-3-19-10-4-5-14(19)11-18(2)13-8-6-12(7-9-13)15(16)17-20/h6-9,14,20H,3-5,10-11H2,1-2H3,(H2,16,17). The second-order valence-corrected chi connectivity index (χ2v) is 5.34. The molecule has 1 aromatic carbocycles. The molecule has 0 bridgehead atoms. The molecule has 3 N–H and O–H groups in total. The first-order valence-corrected chi connectivity index (χ1v) is 7.18. The number of anilines is 1. The summed E-state index contributed by atoms with van der Waals surface area (Å²) in [6.07, 6.45) is 2.58. The Hall–Kier alpha value is -1.75. The minimum atomic E-state index is 0.146. The molecule has 1 aromatic rings. The Morgan fingerprint density at radius 3 is 2.75 bits per heavy atom. The monoisotopic (exact) mass is 276 g/mol. The molecule has 0 radical (unpaired) electrons. The zero-order valence-corrected chi connectivity index (χ0v) is 12.3. The lowest BCUT2D eigenvalue weighted by Crippen LogP contribution is -2.38. The Bertz CT molecular complexity index is 457. The van der Waals surface area contributed by atoms with Gasteiger partial charge in [-0.15, -0.1) is 0 Å². The van der Waals surface area contributed by atoms with Gasteiger partial charge in [0.1, 0.15) is 0 Å². The number of likely N-dealkylation sites (N-methyl/N-ethyl adjacent to an activating group) is 2. The van der Waals surface area contributed by atoms with Crippen molar-refractivity contribution in [2.75, 3.05) is 31.6 Å². The van der Waals surface area contributed by atoms with Crippen molar-refractivity contribution in [3.63, 3.8) is 0 Å². The van der Waals surface area contributed by atoms with E-state index in [-0.39, 0.29) is 5.84 Å².